The number of nitrogens with zero attached hydrogens (tertiary/aromatic N) is 1. The highest BCUT2D eigenvalue weighted by atomic mass is 79.9. The molecule has 2 aromatic rings. The minimum absolute atomic E-state index is 0.673. The smallest absolute Gasteiger partial charge is 0.120 e. The van der Waals surface area contributed by atoms with Crippen LogP contribution in [0.5, 0.6) is 5.75 Å². The van der Waals surface area contributed by atoms with Crippen LogP contribution >= 0.6 is 27.3 Å². The Morgan fingerprint density at radius 1 is 1.37 bits per heavy atom. The van der Waals surface area contributed by atoms with Gasteiger partial charge in [0.05, 0.1) is 10.7 Å². The number of hydrogen-bond donors (Lipinski definition) is 1. The van der Waals surface area contributed by atoms with Gasteiger partial charge in [0.1, 0.15) is 12.4 Å². The Hall–Kier alpha value is -0.910. The van der Waals surface area contributed by atoms with Crippen molar-refractivity contribution in [2.24, 2.45) is 0 Å². The predicted molar refractivity (Wildman–Crippen MR) is 83.1 cm³/mol. The molecule has 0 bridgehead atoms. The van der Waals surface area contributed by atoms with E-state index < -0.39 is 0 Å². The second-order valence-electron chi connectivity index (χ2n) is 4.16. The van der Waals surface area contributed by atoms with E-state index in [4.69, 9.17) is 4.74 Å². The Balaban J connectivity index is 1.57. The molecule has 0 atom stereocenters. The number of hydrogen-bond acceptors (Lipinski definition) is 4. The lowest BCUT2D eigenvalue weighted by Gasteiger charge is -2.07. The fraction of sp³-hybridized carbons (Fsp3) is 0.357. The van der Waals surface area contributed by atoms with Crippen LogP contribution in [0.2, 0.25) is 0 Å². The molecule has 5 heteroatoms. The minimum Gasteiger partial charge on any atom is -0.492 e. The summed E-state index contributed by atoms with van der Waals surface area (Å²) in [6.07, 6.45) is 0.973. The molecule has 0 radical (unpaired) electrons. The monoisotopic (exact) mass is 340 g/mol. The number of aromatic nitrogens is 1. The molecule has 2 rings (SSSR count). The van der Waals surface area contributed by atoms with Crippen LogP contribution in [0.25, 0.3) is 0 Å². The van der Waals surface area contributed by atoms with Crippen LogP contribution in [-0.4, -0.2) is 24.7 Å². The maximum atomic E-state index is 5.64. The van der Waals surface area contributed by atoms with Crippen molar-refractivity contribution in [3.8, 4) is 5.75 Å². The quantitative estimate of drug-likeness (QED) is 0.784. The topological polar surface area (TPSA) is 34.2 Å². The zero-order valence-electron chi connectivity index (χ0n) is 10.9. The van der Waals surface area contributed by atoms with Crippen molar-refractivity contribution in [2.45, 2.75) is 13.3 Å². The summed E-state index contributed by atoms with van der Waals surface area (Å²) in [5, 5.41) is 6.61. The van der Waals surface area contributed by atoms with E-state index in [1.165, 1.54) is 5.69 Å². The Kier molecular flexibility index (Phi) is 5.82. The largest absolute Gasteiger partial charge is 0.492 e. The molecular formula is C14H17BrN2OS. The van der Waals surface area contributed by atoms with Crippen LogP contribution < -0.4 is 10.1 Å². The lowest BCUT2D eigenvalue weighted by Crippen LogP contribution is -2.23. The number of nitrogens with one attached hydrogen (secondary N) is 1. The van der Waals surface area contributed by atoms with E-state index in [-0.39, 0.29) is 0 Å². The van der Waals surface area contributed by atoms with Crippen molar-refractivity contribution in [3.63, 3.8) is 0 Å². The van der Waals surface area contributed by atoms with E-state index in [0.29, 0.717) is 6.61 Å². The van der Waals surface area contributed by atoms with Gasteiger partial charge in [0.2, 0.25) is 0 Å². The fourth-order valence-electron chi connectivity index (χ4n) is 1.66. The van der Waals surface area contributed by atoms with Crippen molar-refractivity contribution in [3.05, 3.63) is 44.8 Å². The van der Waals surface area contributed by atoms with E-state index in [1.54, 1.807) is 11.3 Å². The van der Waals surface area contributed by atoms with E-state index in [1.807, 2.05) is 31.2 Å². The summed E-state index contributed by atoms with van der Waals surface area (Å²) < 4.78 is 6.68. The van der Waals surface area contributed by atoms with Gasteiger partial charge in [0.15, 0.2) is 0 Å². The van der Waals surface area contributed by atoms with Gasteiger partial charge in [-0.15, -0.1) is 11.3 Å². The fourth-order valence-corrected chi connectivity index (χ4v) is 2.69. The first kappa shape index (κ1) is 14.5. The molecule has 3 nitrogen and oxygen atoms in total. The van der Waals surface area contributed by atoms with Crippen molar-refractivity contribution in [1.29, 1.82) is 0 Å². The molecule has 0 aliphatic heterocycles. The lowest BCUT2D eigenvalue weighted by atomic mass is 10.3. The zero-order chi connectivity index (χ0) is 13.5. The number of aryl methyl sites for hydroxylation is 1. The van der Waals surface area contributed by atoms with Gasteiger partial charge in [-0.2, -0.15) is 0 Å². The number of rotatable bonds is 7. The van der Waals surface area contributed by atoms with Crippen molar-refractivity contribution in [1.82, 2.24) is 10.3 Å². The molecule has 0 saturated heterocycles. The Morgan fingerprint density at radius 2 is 2.26 bits per heavy atom. The zero-order valence-corrected chi connectivity index (χ0v) is 13.3. The molecule has 0 fully saturated rings. The first-order valence-electron chi connectivity index (χ1n) is 6.24. The molecule has 0 saturated carbocycles. The van der Waals surface area contributed by atoms with Gasteiger partial charge in [-0.25, -0.2) is 4.98 Å². The number of thiazole rings is 1. The van der Waals surface area contributed by atoms with Gasteiger partial charge < -0.3 is 10.1 Å². The molecule has 0 spiro atoms. The maximum Gasteiger partial charge on any atom is 0.120 e. The van der Waals surface area contributed by atoms with Gasteiger partial charge in [0.25, 0.3) is 0 Å². The molecule has 19 heavy (non-hydrogen) atoms. The van der Waals surface area contributed by atoms with Gasteiger partial charge in [-0.3, -0.25) is 0 Å². The molecule has 0 aliphatic rings. The summed E-state index contributed by atoms with van der Waals surface area (Å²) in [6, 6.07) is 7.89. The summed E-state index contributed by atoms with van der Waals surface area (Å²) >= 11 is 5.13. The van der Waals surface area contributed by atoms with Crippen LogP contribution in [0.4, 0.5) is 0 Å². The molecule has 1 aromatic heterocycles. The minimum atomic E-state index is 0.673. The van der Waals surface area contributed by atoms with Crippen LogP contribution in [0.15, 0.2) is 34.1 Å². The van der Waals surface area contributed by atoms with Crippen molar-refractivity contribution < 1.29 is 4.74 Å². The molecule has 0 aliphatic carbocycles. The van der Waals surface area contributed by atoms with E-state index in [2.05, 4.69) is 31.6 Å². The van der Waals surface area contributed by atoms with Crippen LogP contribution in [-0.2, 0) is 6.42 Å². The molecule has 0 amide bonds. The maximum absolute atomic E-state index is 5.64. The second-order valence-corrected chi connectivity index (χ2v) is 6.14. The Morgan fingerprint density at radius 3 is 3.00 bits per heavy atom. The Labute approximate surface area is 126 Å². The lowest BCUT2D eigenvalue weighted by molar-refractivity contribution is 0.314. The molecule has 1 aromatic carbocycles. The second kappa shape index (κ2) is 7.62. The number of ether oxygens (including phenoxy) is 1. The van der Waals surface area contributed by atoms with E-state index in [0.717, 1.165) is 34.7 Å². The van der Waals surface area contributed by atoms with Crippen molar-refractivity contribution >= 4 is 27.3 Å². The standard InChI is InChI=1S/C14H17BrN2OS/c1-11-17-13(10-19-11)5-6-16-7-8-18-14-4-2-3-12(15)9-14/h2-4,9-10,16H,5-8H2,1H3. The number of halogens is 1. The molecule has 1 N–H and O–H groups in total. The highest BCUT2D eigenvalue weighted by Crippen LogP contribution is 2.17. The summed E-state index contributed by atoms with van der Waals surface area (Å²) in [4.78, 5) is 4.43. The highest BCUT2D eigenvalue weighted by molar-refractivity contribution is 9.10. The van der Waals surface area contributed by atoms with Gasteiger partial charge in [-0.1, -0.05) is 22.0 Å². The van der Waals surface area contributed by atoms with E-state index in [9.17, 15) is 0 Å². The summed E-state index contributed by atoms with van der Waals surface area (Å²) in [5.74, 6) is 0.895. The van der Waals surface area contributed by atoms with Crippen LogP contribution in [0, 0.1) is 6.92 Å². The van der Waals surface area contributed by atoms with Gasteiger partial charge in [-0.05, 0) is 25.1 Å². The van der Waals surface area contributed by atoms with Gasteiger partial charge in [0, 0.05) is 29.4 Å². The average Bonchev–Trinajstić information content (AvgIpc) is 2.79. The third kappa shape index (κ3) is 5.30. The third-order valence-electron chi connectivity index (χ3n) is 2.57. The van der Waals surface area contributed by atoms with Crippen LogP contribution in [0.3, 0.4) is 0 Å². The SMILES string of the molecule is Cc1nc(CCNCCOc2cccc(Br)c2)cs1. The third-order valence-corrected chi connectivity index (χ3v) is 3.88. The first-order chi connectivity index (χ1) is 9.24. The Bertz CT molecular complexity index is 516. The molecule has 102 valence electrons. The molecule has 1 heterocycles. The van der Waals surface area contributed by atoms with Crippen molar-refractivity contribution in [2.75, 3.05) is 19.7 Å². The van der Waals surface area contributed by atoms with Crippen LogP contribution in [0.1, 0.15) is 10.7 Å². The predicted octanol–water partition coefficient (Wildman–Crippen LogP) is 3.43. The highest BCUT2D eigenvalue weighted by Gasteiger charge is 1.98. The normalized spacial score (nSPS) is 10.6. The average molecular weight is 341 g/mol. The summed E-state index contributed by atoms with van der Waals surface area (Å²) in [6.45, 7) is 4.49. The van der Waals surface area contributed by atoms with E-state index >= 15 is 0 Å². The summed E-state index contributed by atoms with van der Waals surface area (Å²) in [7, 11) is 0. The van der Waals surface area contributed by atoms with Gasteiger partial charge >= 0.3 is 0 Å². The molecule has 0 unspecified atom stereocenters. The summed E-state index contributed by atoms with van der Waals surface area (Å²) in [5.41, 5.74) is 1.17. The molecular weight excluding hydrogens is 324 g/mol. The number of benzene rings is 1. The first-order valence-corrected chi connectivity index (χ1v) is 7.91.